The predicted molar refractivity (Wildman–Crippen MR) is 89.0 cm³/mol. The third kappa shape index (κ3) is 4.05. The monoisotopic (exact) mass is 328 g/mol. The highest BCUT2D eigenvalue weighted by Gasteiger charge is 2.25. The van der Waals surface area contributed by atoms with Crippen LogP contribution in [-0.4, -0.2) is 45.2 Å². The zero-order chi connectivity index (χ0) is 15.4. The average molecular weight is 329 g/mol. The quantitative estimate of drug-likeness (QED) is 0.898. The Morgan fingerprint density at radius 1 is 1.32 bits per heavy atom. The van der Waals surface area contributed by atoms with Crippen LogP contribution in [0.25, 0.3) is 0 Å². The van der Waals surface area contributed by atoms with Gasteiger partial charge in [-0.3, -0.25) is 4.79 Å². The molecule has 6 heteroatoms. The fraction of sp³-hybridized carbons (Fsp3) is 0.562. The van der Waals surface area contributed by atoms with Crippen molar-refractivity contribution in [3.63, 3.8) is 0 Å². The van der Waals surface area contributed by atoms with E-state index < -0.39 is 0 Å². The van der Waals surface area contributed by atoms with Crippen molar-refractivity contribution in [1.29, 1.82) is 0 Å². The zero-order valence-electron chi connectivity index (χ0n) is 13.6. The van der Waals surface area contributed by atoms with Crippen molar-refractivity contribution < 1.29 is 14.3 Å². The van der Waals surface area contributed by atoms with E-state index in [1.165, 1.54) is 0 Å². The van der Waals surface area contributed by atoms with Crippen molar-refractivity contribution in [2.24, 2.45) is 5.92 Å². The van der Waals surface area contributed by atoms with Gasteiger partial charge in [0.05, 0.1) is 20.1 Å². The van der Waals surface area contributed by atoms with Gasteiger partial charge in [-0.1, -0.05) is 0 Å². The van der Waals surface area contributed by atoms with Crippen molar-refractivity contribution in [1.82, 2.24) is 10.2 Å². The Morgan fingerprint density at radius 2 is 1.95 bits per heavy atom. The van der Waals surface area contributed by atoms with Crippen LogP contribution in [-0.2, 0) is 11.3 Å². The first-order valence-electron chi connectivity index (χ1n) is 7.24. The van der Waals surface area contributed by atoms with Gasteiger partial charge < -0.3 is 19.7 Å². The number of hydrogen-bond donors (Lipinski definition) is 1. The number of amides is 1. The fourth-order valence-corrected chi connectivity index (χ4v) is 2.70. The number of carbonyl (C=O) groups is 1. The molecule has 5 nitrogen and oxygen atoms in total. The Balaban J connectivity index is 0.00000242. The summed E-state index contributed by atoms with van der Waals surface area (Å²) in [7, 11) is 5.10. The molecule has 0 saturated carbocycles. The number of nitrogens with zero attached hydrogens (tertiary/aromatic N) is 1. The first kappa shape index (κ1) is 18.6. The van der Waals surface area contributed by atoms with E-state index in [0.717, 1.165) is 30.6 Å². The molecular formula is C16H25ClN2O3. The summed E-state index contributed by atoms with van der Waals surface area (Å²) in [5.74, 6) is 1.72. The van der Waals surface area contributed by atoms with Crippen molar-refractivity contribution in [2.45, 2.75) is 19.9 Å². The number of methoxy groups -OCH3 is 2. The van der Waals surface area contributed by atoms with E-state index in [1.54, 1.807) is 19.1 Å². The van der Waals surface area contributed by atoms with Gasteiger partial charge in [0, 0.05) is 20.1 Å². The molecule has 1 heterocycles. The number of hydrogen-bond acceptors (Lipinski definition) is 4. The van der Waals surface area contributed by atoms with Crippen molar-refractivity contribution in [3.05, 3.63) is 23.3 Å². The van der Waals surface area contributed by atoms with E-state index in [0.29, 0.717) is 18.0 Å². The highest BCUT2D eigenvalue weighted by molar-refractivity contribution is 5.85. The molecule has 1 fully saturated rings. The molecule has 1 unspecified atom stereocenters. The normalized spacial score (nSPS) is 16.8. The first-order valence-corrected chi connectivity index (χ1v) is 7.24. The number of nitrogens with one attached hydrogen (secondary N) is 1. The van der Waals surface area contributed by atoms with Crippen LogP contribution in [0.4, 0.5) is 0 Å². The summed E-state index contributed by atoms with van der Waals surface area (Å²) in [5, 5.41) is 3.23. The first-order chi connectivity index (χ1) is 10.1. The summed E-state index contributed by atoms with van der Waals surface area (Å²) >= 11 is 0. The minimum absolute atomic E-state index is 0. The molecule has 0 aliphatic carbocycles. The predicted octanol–water partition coefficient (Wildman–Crippen LogP) is 2.00. The molecule has 22 heavy (non-hydrogen) atoms. The molecular weight excluding hydrogens is 304 g/mol. The summed E-state index contributed by atoms with van der Waals surface area (Å²) in [4.78, 5) is 14.2. The van der Waals surface area contributed by atoms with E-state index >= 15 is 0 Å². The summed E-state index contributed by atoms with van der Waals surface area (Å²) in [6.45, 7) is 4.32. The van der Waals surface area contributed by atoms with Crippen LogP contribution in [0.15, 0.2) is 12.1 Å². The highest BCUT2D eigenvalue weighted by atomic mass is 35.5. The van der Waals surface area contributed by atoms with Gasteiger partial charge in [0.25, 0.3) is 0 Å². The Bertz CT molecular complexity index is 516. The van der Waals surface area contributed by atoms with Crippen molar-refractivity contribution in [2.75, 3.05) is 34.4 Å². The van der Waals surface area contributed by atoms with Gasteiger partial charge in [-0.2, -0.15) is 0 Å². The molecule has 1 atom stereocenters. The van der Waals surface area contributed by atoms with Crippen molar-refractivity contribution >= 4 is 18.3 Å². The van der Waals surface area contributed by atoms with Crippen LogP contribution in [0.5, 0.6) is 11.5 Å². The standard InChI is InChI=1S/C16H24N2O3.ClH/c1-11-7-14(20-3)15(21-4)8-13(11)10-18(2)16(19)12-5-6-17-9-12;/h7-8,12,17H,5-6,9-10H2,1-4H3;1H. The number of halogens is 1. The average Bonchev–Trinajstić information content (AvgIpc) is 3.02. The van der Waals surface area contributed by atoms with E-state index in [4.69, 9.17) is 9.47 Å². The maximum Gasteiger partial charge on any atom is 0.227 e. The number of carbonyl (C=O) groups excluding carboxylic acids is 1. The summed E-state index contributed by atoms with van der Waals surface area (Å²) < 4.78 is 10.6. The SMILES string of the molecule is COc1cc(C)c(CN(C)C(=O)C2CCNC2)cc1OC.Cl. The van der Waals surface area contributed by atoms with Crippen LogP contribution < -0.4 is 14.8 Å². The summed E-state index contributed by atoms with van der Waals surface area (Å²) in [6, 6.07) is 3.90. The number of benzene rings is 1. The second-order valence-corrected chi connectivity index (χ2v) is 5.52. The van der Waals surface area contributed by atoms with Crippen LogP contribution in [0, 0.1) is 12.8 Å². The third-order valence-electron chi connectivity index (χ3n) is 4.04. The fourth-order valence-electron chi connectivity index (χ4n) is 2.70. The molecule has 1 aromatic rings. The van der Waals surface area contributed by atoms with E-state index in [1.807, 2.05) is 26.1 Å². The van der Waals surface area contributed by atoms with E-state index in [9.17, 15) is 4.79 Å². The Morgan fingerprint density at radius 3 is 2.50 bits per heavy atom. The minimum Gasteiger partial charge on any atom is -0.493 e. The van der Waals surface area contributed by atoms with Gasteiger partial charge in [0.1, 0.15) is 0 Å². The molecule has 1 aliphatic rings. The molecule has 0 spiro atoms. The van der Waals surface area contributed by atoms with Gasteiger partial charge in [0.2, 0.25) is 5.91 Å². The number of aryl methyl sites for hydroxylation is 1. The van der Waals surface area contributed by atoms with Gasteiger partial charge >= 0.3 is 0 Å². The third-order valence-corrected chi connectivity index (χ3v) is 4.04. The van der Waals surface area contributed by atoms with Gasteiger partial charge in [0.15, 0.2) is 11.5 Å². The number of ether oxygens (including phenoxy) is 2. The van der Waals surface area contributed by atoms with E-state index in [-0.39, 0.29) is 24.2 Å². The maximum absolute atomic E-state index is 12.4. The second kappa shape index (κ2) is 8.25. The summed E-state index contributed by atoms with van der Waals surface area (Å²) in [5.41, 5.74) is 2.17. The molecule has 0 radical (unpaired) electrons. The molecule has 1 amide bonds. The molecule has 1 aliphatic heterocycles. The van der Waals surface area contributed by atoms with E-state index in [2.05, 4.69) is 5.32 Å². The van der Waals surface area contributed by atoms with Crippen LogP contribution in [0.3, 0.4) is 0 Å². The zero-order valence-corrected chi connectivity index (χ0v) is 14.5. The molecule has 0 aromatic heterocycles. The molecule has 2 rings (SSSR count). The van der Waals surface area contributed by atoms with Crippen molar-refractivity contribution in [3.8, 4) is 11.5 Å². The lowest BCUT2D eigenvalue weighted by Gasteiger charge is -2.22. The second-order valence-electron chi connectivity index (χ2n) is 5.52. The van der Waals surface area contributed by atoms with Crippen LogP contribution in [0.2, 0.25) is 0 Å². The lowest BCUT2D eigenvalue weighted by Crippen LogP contribution is -2.33. The lowest BCUT2D eigenvalue weighted by molar-refractivity contribution is -0.134. The number of rotatable bonds is 5. The molecule has 1 aromatic carbocycles. The maximum atomic E-state index is 12.4. The Hall–Kier alpha value is -1.46. The minimum atomic E-state index is 0. The molecule has 124 valence electrons. The van der Waals surface area contributed by atoms with Gasteiger partial charge in [-0.25, -0.2) is 0 Å². The van der Waals surface area contributed by atoms with Gasteiger partial charge in [-0.05, 0) is 43.1 Å². The smallest absolute Gasteiger partial charge is 0.227 e. The largest absolute Gasteiger partial charge is 0.493 e. The highest BCUT2D eigenvalue weighted by Crippen LogP contribution is 2.30. The molecule has 0 bridgehead atoms. The summed E-state index contributed by atoms with van der Waals surface area (Å²) in [6.07, 6.45) is 0.925. The molecule has 1 saturated heterocycles. The Labute approximate surface area is 138 Å². The van der Waals surface area contributed by atoms with Gasteiger partial charge in [-0.15, -0.1) is 12.4 Å². The topological polar surface area (TPSA) is 50.8 Å². The van der Waals surface area contributed by atoms with Crippen LogP contribution >= 0.6 is 12.4 Å². The lowest BCUT2D eigenvalue weighted by atomic mass is 10.0. The molecule has 1 N–H and O–H groups in total. The van der Waals surface area contributed by atoms with Crippen LogP contribution in [0.1, 0.15) is 17.5 Å². The Kier molecular flexibility index (Phi) is 6.97.